The molecule has 0 aliphatic rings. The Bertz CT molecular complexity index is 615. The zero-order chi connectivity index (χ0) is 14.0. The third kappa shape index (κ3) is 2.52. The second-order valence-electron chi connectivity index (χ2n) is 4.58. The monoisotopic (exact) mass is 258 g/mol. The third-order valence-electron chi connectivity index (χ3n) is 3.33. The molecule has 0 spiro atoms. The van der Waals surface area contributed by atoms with Gasteiger partial charge in [-0.05, 0) is 19.9 Å². The lowest BCUT2D eigenvalue weighted by molar-refractivity contribution is 0.0991. The van der Waals surface area contributed by atoms with Crippen molar-refractivity contribution in [1.29, 1.82) is 0 Å². The van der Waals surface area contributed by atoms with Crippen LogP contribution in [0.3, 0.4) is 0 Å². The van der Waals surface area contributed by atoms with Crippen molar-refractivity contribution in [2.24, 2.45) is 7.05 Å². The van der Waals surface area contributed by atoms with Gasteiger partial charge in [-0.25, -0.2) is 0 Å². The highest BCUT2D eigenvalue weighted by atomic mass is 16.5. The van der Waals surface area contributed by atoms with E-state index in [4.69, 9.17) is 4.74 Å². The van der Waals surface area contributed by atoms with E-state index in [0.29, 0.717) is 12.0 Å². The molecule has 1 heterocycles. The van der Waals surface area contributed by atoms with Crippen LogP contribution in [0.5, 0.6) is 5.75 Å². The molecule has 0 amide bonds. The summed E-state index contributed by atoms with van der Waals surface area (Å²) in [4.78, 5) is 12.4. The first-order chi connectivity index (χ1) is 9.04. The van der Waals surface area contributed by atoms with E-state index in [1.165, 1.54) is 0 Å². The van der Waals surface area contributed by atoms with Gasteiger partial charge < -0.3 is 4.74 Å². The molecule has 4 heteroatoms. The van der Waals surface area contributed by atoms with Crippen LogP contribution in [0.25, 0.3) is 0 Å². The fraction of sp³-hybridized carbons (Fsp3) is 0.333. The molecule has 0 N–H and O–H groups in total. The average Bonchev–Trinajstić information content (AvgIpc) is 2.64. The first-order valence-electron chi connectivity index (χ1n) is 6.20. The maximum absolute atomic E-state index is 12.4. The highest BCUT2D eigenvalue weighted by Crippen LogP contribution is 2.21. The van der Waals surface area contributed by atoms with Crippen LogP contribution in [0.1, 0.15) is 27.3 Å². The molecule has 0 unspecified atom stereocenters. The Hall–Kier alpha value is -2.10. The van der Waals surface area contributed by atoms with Crippen LogP contribution >= 0.6 is 0 Å². The Labute approximate surface area is 113 Å². The van der Waals surface area contributed by atoms with Crippen molar-refractivity contribution in [2.75, 3.05) is 7.11 Å². The van der Waals surface area contributed by atoms with Gasteiger partial charge in [0.1, 0.15) is 5.75 Å². The number of hydrogen-bond donors (Lipinski definition) is 0. The van der Waals surface area contributed by atoms with Crippen LogP contribution in [0.4, 0.5) is 0 Å². The standard InChI is InChI=1S/C15H18N2O2/c1-10-15(11(2)17(3)16-10)13(18)9-12-7-5-6-8-14(12)19-4/h5-8H,9H2,1-4H3. The summed E-state index contributed by atoms with van der Waals surface area (Å²) in [6.07, 6.45) is 0.331. The molecular formula is C15H18N2O2. The normalized spacial score (nSPS) is 10.5. The number of nitrogens with zero attached hydrogens (tertiary/aromatic N) is 2. The molecule has 0 aliphatic heterocycles. The summed E-state index contributed by atoms with van der Waals surface area (Å²) in [6.45, 7) is 3.78. The number of ether oxygens (including phenoxy) is 1. The molecule has 2 aromatic rings. The second-order valence-corrected chi connectivity index (χ2v) is 4.58. The number of hydrogen-bond acceptors (Lipinski definition) is 3. The number of carbonyl (C=O) groups excluding carboxylic acids is 1. The van der Waals surface area contributed by atoms with Gasteiger partial charge in [-0.1, -0.05) is 18.2 Å². The molecule has 0 fully saturated rings. The van der Waals surface area contributed by atoms with Crippen LogP contribution < -0.4 is 4.74 Å². The van der Waals surface area contributed by atoms with Crippen molar-refractivity contribution in [2.45, 2.75) is 20.3 Å². The number of rotatable bonds is 4. The molecule has 1 aromatic heterocycles. The molecular weight excluding hydrogens is 240 g/mol. The van der Waals surface area contributed by atoms with Gasteiger partial charge in [-0.15, -0.1) is 0 Å². The van der Waals surface area contributed by atoms with E-state index in [0.717, 1.165) is 22.7 Å². The summed E-state index contributed by atoms with van der Waals surface area (Å²) in [5.74, 6) is 0.822. The highest BCUT2D eigenvalue weighted by molar-refractivity contribution is 5.99. The predicted molar refractivity (Wildman–Crippen MR) is 73.7 cm³/mol. The van der Waals surface area contributed by atoms with E-state index in [9.17, 15) is 4.79 Å². The SMILES string of the molecule is COc1ccccc1CC(=O)c1c(C)nn(C)c1C. The molecule has 4 nitrogen and oxygen atoms in total. The molecule has 19 heavy (non-hydrogen) atoms. The lowest BCUT2D eigenvalue weighted by atomic mass is 10.0. The van der Waals surface area contributed by atoms with Crippen LogP contribution in [-0.4, -0.2) is 22.7 Å². The number of para-hydroxylation sites is 1. The average molecular weight is 258 g/mol. The first kappa shape index (κ1) is 13.3. The lowest BCUT2D eigenvalue weighted by Gasteiger charge is -2.07. The number of Topliss-reactive ketones (excluding diaryl/α,β-unsaturated/α-hetero) is 1. The van der Waals surface area contributed by atoms with Crippen LogP contribution in [-0.2, 0) is 13.5 Å². The van der Waals surface area contributed by atoms with Crippen LogP contribution in [0, 0.1) is 13.8 Å². The smallest absolute Gasteiger partial charge is 0.171 e. The molecule has 0 aliphatic carbocycles. The molecule has 0 atom stereocenters. The van der Waals surface area contributed by atoms with E-state index in [2.05, 4.69) is 5.10 Å². The van der Waals surface area contributed by atoms with E-state index >= 15 is 0 Å². The maximum Gasteiger partial charge on any atom is 0.171 e. The van der Waals surface area contributed by atoms with Gasteiger partial charge in [-0.3, -0.25) is 9.48 Å². The molecule has 100 valence electrons. The lowest BCUT2D eigenvalue weighted by Crippen LogP contribution is -2.07. The van der Waals surface area contributed by atoms with Crippen molar-refractivity contribution in [3.05, 3.63) is 46.8 Å². The topological polar surface area (TPSA) is 44.1 Å². The van der Waals surface area contributed by atoms with E-state index in [1.807, 2.05) is 45.2 Å². The minimum Gasteiger partial charge on any atom is -0.496 e. The molecule has 0 bridgehead atoms. The van der Waals surface area contributed by atoms with Gasteiger partial charge in [-0.2, -0.15) is 5.10 Å². The Balaban J connectivity index is 2.31. The number of aryl methyl sites for hydroxylation is 2. The fourth-order valence-electron chi connectivity index (χ4n) is 2.29. The summed E-state index contributed by atoms with van der Waals surface area (Å²) >= 11 is 0. The number of benzene rings is 1. The van der Waals surface area contributed by atoms with Gasteiger partial charge in [0, 0.05) is 24.7 Å². The number of aromatic nitrogens is 2. The third-order valence-corrected chi connectivity index (χ3v) is 3.33. The van der Waals surface area contributed by atoms with Crippen molar-refractivity contribution in [3.8, 4) is 5.75 Å². The van der Waals surface area contributed by atoms with E-state index < -0.39 is 0 Å². The van der Waals surface area contributed by atoms with Gasteiger partial charge in [0.15, 0.2) is 5.78 Å². The second kappa shape index (κ2) is 5.26. The first-order valence-corrected chi connectivity index (χ1v) is 6.20. The van der Waals surface area contributed by atoms with E-state index in [-0.39, 0.29) is 5.78 Å². The summed E-state index contributed by atoms with van der Waals surface area (Å²) in [5, 5.41) is 4.28. The highest BCUT2D eigenvalue weighted by Gasteiger charge is 2.18. The number of carbonyl (C=O) groups is 1. The van der Waals surface area contributed by atoms with Crippen molar-refractivity contribution >= 4 is 5.78 Å². The van der Waals surface area contributed by atoms with Gasteiger partial charge in [0.25, 0.3) is 0 Å². The number of ketones is 1. The molecule has 0 radical (unpaired) electrons. The summed E-state index contributed by atoms with van der Waals surface area (Å²) in [7, 11) is 3.46. The summed E-state index contributed by atoms with van der Waals surface area (Å²) < 4.78 is 7.02. The molecule has 2 rings (SSSR count). The van der Waals surface area contributed by atoms with Crippen LogP contribution in [0.15, 0.2) is 24.3 Å². The Morgan fingerprint density at radius 2 is 2.00 bits per heavy atom. The number of methoxy groups -OCH3 is 1. The van der Waals surface area contributed by atoms with Gasteiger partial charge >= 0.3 is 0 Å². The maximum atomic E-state index is 12.4. The Morgan fingerprint density at radius 3 is 2.58 bits per heavy atom. The van der Waals surface area contributed by atoms with E-state index in [1.54, 1.807) is 11.8 Å². The zero-order valence-corrected chi connectivity index (χ0v) is 11.7. The molecule has 1 aromatic carbocycles. The predicted octanol–water partition coefficient (Wildman–Crippen LogP) is 2.47. The Kier molecular flexibility index (Phi) is 3.69. The minimum absolute atomic E-state index is 0.0765. The minimum atomic E-state index is 0.0765. The van der Waals surface area contributed by atoms with Gasteiger partial charge in [0.2, 0.25) is 0 Å². The van der Waals surface area contributed by atoms with Crippen molar-refractivity contribution in [1.82, 2.24) is 9.78 Å². The largest absolute Gasteiger partial charge is 0.496 e. The van der Waals surface area contributed by atoms with Crippen molar-refractivity contribution in [3.63, 3.8) is 0 Å². The molecule has 0 saturated heterocycles. The zero-order valence-electron chi connectivity index (χ0n) is 11.7. The molecule has 0 saturated carbocycles. The van der Waals surface area contributed by atoms with Gasteiger partial charge in [0.05, 0.1) is 18.4 Å². The summed E-state index contributed by atoms with van der Waals surface area (Å²) in [5.41, 5.74) is 3.29. The van der Waals surface area contributed by atoms with Crippen LogP contribution in [0.2, 0.25) is 0 Å². The fourth-order valence-corrected chi connectivity index (χ4v) is 2.29. The Morgan fingerprint density at radius 1 is 1.32 bits per heavy atom. The quantitative estimate of drug-likeness (QED) is 0.791. The summed E-state index contributed by atoms with van der Waals surface area (Å²) in [6, 6.07) is 7.59. The van der Waals surface area contributed by atoms with Crippen molar-refractivity contribution < 1.29 is 9.53 Å².